The number of carbonyl (C=O) groups is 4. The van der Waals surface area contributed by atoms with E-state index in [2.05, 4.69) is 16.0 Å². The van der Waals surface area contributed by atoms with Gasteiger partial charge in [-0.3, -0.25) is 14.4 Å². The SMILES string of the molecule is NCCCCC(NC(=O)C(N)Cc1ccccc1)C(=O)NC(Cc1ccc(O)cc1)C(=O)NC(Cc1ccccc1)C(=O)O. The molecule has 3 rings (SSSR count). The first kappa shape index (κ1) is 33.8. The molecule has 0 aromatic heterocycles. The van der Waals surface area contributed by atoms with E-state index in [-0.39, 0.29) is 31.4 Å². The molecule has 44 heavy (non-hydrogen) atoms. The van der Waals surface area contributed by atoms with E-state index in [1.165, 1.54) is 12.1 Å². The molecule has 4 atom stereocenters. The minimum Gasteiger partial charge on any atom is -0.508 e. The van der Waals surface area contributed by atoms with Crippen LogP contribution in [-0.2, 0) is 38.4 Å². The molecule has 0 aliphatic carbocycles. The lowest BCUT2D eigenvalue weighted by atomic mass is 10.0. The van der Waals surface area contributed by atoms with Crippen LogP contribution in [0.25, 0.3) is 0 Å². The topological polar surface area (TPSA) is 197 Å². The molecule has 0 aliphatic heterocycles. The zero-order valence-corrected chi connectivity index (χ0v) is 24.5. The number of carboxylic acids is 1. The summed E-state index contributed by atoms with van der Waals surface area (Å²) in [5, 5.41) is 27.5. The fourth-order valence-corrected chi connectivity index (χ4v) is 4.67. The van der Waals surface area contributed by atoms with Crippen LogP contribution in [-0.4, -0.2) is 64.6 Å². The number of benzene rings is 3. The second-order valence-electron chi connectivity index (χ2n) is 10.7. The predicted molar refractivity (Wildman–Crippen MR) is 166 cm³/mol. The molecule has 11 nitrogen and oxygen atoms in total. The van der Waals surface area contributed by atoms with Gasteiger partial charge in [-0.05, 0) is 61.1 Å². The van der Waals surface area contributed by atoms with Crippen molar-refractivity contribution in [1.82, 2.24) is 16.0 Å². The number of hydrogen-bond acceptors (Lipinski definition) is 7. The Morgan fingerprint density at radius 1 is 0.614 bits per heavy atom. The van der Waals surface area contributed by atoms with E-state index in [9.17, 15) is 29.4 Å². The number of carboxylic acid groups (broad SMARTS) is 1. The Bertz CT molecular complexity index is 1350. The summed E-state index contributed by atoms with van der Waals surface area (Å²) in [6, 6.07) is 19.9. The minimum atomic E-state index is -1.25. The summed E-state index contributed by atoms with van der Waals surface area (Å²) in [6.45, 7) is 0.402. The highest BCUT2D eigenvalue weighted by molar-refractivity contribution is 5.94. The zero-order chi connectivity index (χ0) is 31.9. The number of rotatable bonds is 17. The Morgan fingerprint density at radius 2 is 1.09 bits per heavy atom. The zero-order valence-electron chi connectivity index (χ0n) is 24.5. The Labute approximate surface area is 257 Å². The first-order valence-corrected chi connectivity index (χ1v) is 14.6. The van der Waals surface area contributed by atoms with Gasteiger partial charge in [0.15, 0.2) is 0 Å². The predicted octanol–water partition coefficient (Wildman–Crippen LogP) is 1.42. The summed E-state index contributed by atoms with van der Waals surface area (Å²) < 4.78 is 0. The molecule has 0 radical (unpaired) electrons. The average molecular weight is 604 g/mol. The maximum absolute atomic E-state index is 13.6. The second-order valence-corrected chi connectivity index (χ2v) is 10.7. The lowest BCUT2D eigenvalue weighted by Gasteiger charge is -2.25. The Morgan fingerprint density at radius 3 is 1.66 bits per heavy atom. The standard InChI is InChI=1S/C33H41N5O6/c34-18-8-7-13-27(36-30(40)26(35)19-22-9-3-1-4-10-22)31(41)37-28(20-24-14-16-25(39)17-15-24)32(42)38-29(33(43)44)21-23-11-5-2-6-12-23/h1-6,9-12,14-17,26-29,39H,7-8,13,18-21,34-35H2,(H,36,40)(H,37,41)(H,38,42)(H,43,44). The molecule has 9 N–H and O–H groups in total. The van der Waals surface area contributed by atoms with Gasteiger partial charge >= 0.3 is 5.97 Å². The van der Waals surface area contributed by atoms with Gasteiger partial charge < -0.3 is 37.6 Å². The first-order valence-electron chi connectivity index (χ1n) is 14.6. The van der Waals surface area contributed by atoms with Crippen molar-refractivity contribution < 1.29 is 29.4 Å². The van der Waals surface area contributed by atoms with Crippen LogP contribution in [0.5, 0.6) is 5.75 Å². The van der Waals surface area contributed by atoms with Crippen LogP contribution in [0.2, 0.25) is 0 Å². The van der Waals surface area contributed by atoms with Crippen molar-refractivity contribution >= 4 is 23.7 Å². The molecule has 3 aromatic carbocycles. The average Bonchev–Trinajstić information content (AvgIpc) is 3.01. The summed E-state index contributed by atoms with van der Waals surface area (Å²) >= 11 is 0. The van der Waals surface area contributed by atoms with Crippen molar-refractivity contribution in [2.75, 3.05) is 6.54 Å². The third-order valence-electron chi connectivity index (χ3n) is 7.12. The highest BCUT2D eigenvalue weighted by atomic mass is 16.4. The van der Waals surface area contributed by atoms with Crippen LogP contribution in [0.4, 0.5) is 0 Å². The monoisotopic (exact) mass is 603 g/mol. The van der Waals surface area contributed by atoms with Gasteiger partial charge in [-0.15, -0.1) is 0 Å². The smallest absolute Gasteiger partial charge is 0.326 e. The number of carbonyl (C=O) groups excluding carboxylic acids is 3. The Balaban J connectivity index is 1.78. The quantitative estimate of drug-likeness (QED) is 0.112. The summed E-state index contributed by atoms with van der Waals surface area (Å²) in [6.07, 6.45) is 1.73. The van der Waals surface area contributed by atoms with Gasteiger partial charge in [0.1, 0.15) is 23.9 Å². The van der Waals surface area contributed by atoms with E-state index in [0.29, 0.717) is 30.5 Å². The van der Waals surface area contributed by atoms with E-state index in [0.717, 1.165) is 5.56 Å². The van der Waals surface area contributed by atoms with Gasteiger partial charge in [-0.2, -0.15) is 0 Å². The number of phenols is 1. The van der Waals surface area contributed by atoms with Crippen molar-refractivity contribution in [2.45, 2.75) is 62.7 Å². The van der Waals surface area contributed by atoms with Crippen molar-refractivity contribution in [1.29, 1.82) is 0 Å². The molecule has 0 saturated heterocycles. The molecule has 0 saturated carbocycles. The molecular weight excluding hydrogens is 562 g/mol. The molecular formula is C33H41N5O6. The van der Waals surface area contributed by atoms with Gasteiger partial charge in [-0.1, -0.05) is 72.8 Å². The van der Waals surface area contributed by atoms with Crippen LogP contribution in [0.1, 0.15) is 36.0 Å². The summed E-state index contributed by atoms with van der Waals surface area (Å²) in [5.41, 5.74) is 14.0. The summed E-state index contributed by atoms with van der Waals surface area (Å²) in [5.74, 6) is -3.04. The van der Waals surface area contributed by atoms with E-state index >= 15 is 0 Å². The van der Waals surface area contributed by atoms with Crippen LogP contribution in [0.3, 0.4) is 0 Å². The molecule has 0 fully saturated rings. The highest BCUT2D eigenvalue weighted by Crippen LogP contribution is 2.13. The van der Waals surface area contributed by atoms with Crippen LogP contribution in [0.15, 0.2) is 84.9 Å². The summed E-state index contributed by atoms with van der Waals surface area (Å²) in [7, 11) is 0. The lowest BCUT2D eigenvalue weighted by molar-refractivity contribution is -0.142. The molecule has 234 valence electrons. The highest BCUT2D eigenvalue weighted by Gasteiger charge is 2.30. The first-order chi connectivity index (χ1) is 21.2. The van der Waals surface area contributed by atoms with Crippen molar-refractivity contribution in [3.05, 3.63) is 102 Å². The van der Waals surface area contributed by atoms with Crippen molar-refractivity contribution in [3.8, 4) is 5.75 Å². The van der Waals surface area contributed by atoms with E-state index in [4.69, 9.17) is 11.5 Å². The molecule has 0 spiro atoms. The molecule has 3 amide bonds. The fourth-order valence-electron chi connectivity index (χ4n) is 4.67. The number of nitrogens with two attached hydrogens (primary N) is 2. The van der Waals surface area contributed by atoms with Gasteiger partial charge in [0, 0.05) is 12.8 Å². The van der Waals surface area contributed by atoms with Gasteiger partial charge in [-0.25, -0.2) is 4.79 Å². The third-order valence-corrected chi connectivity index (χ3v) is 7.12. The van der Waals surface area contributed by atoms with Crippen molar-refractivity contribution in [2.24, 2.45) is 11.5 Å². The van der Waals surface area contributed by atoms with Gasteiger partial charge in [0.05, 0.1) is 6.04 Å². The van der Waals surface area contributed by atoms with Gasteiger partial charge in [0.2, 0.25) is 17.7 Å². The lowest BCUT2D eigenvalue weighted by Crippen LogP contribution is -2.58. The fraction of sp³-hybridized carbons (Fsp3) is 0.333. The largest absolute Gasteiger partial charge is 0.508 e. The summed E-state index contributed by atoms with van der Waals surface area (Å²) in [4.78, 5) is 52.2. The van der Waals surface area contributed by atoms with Crippen LogP contribution < -0.4 is 27.4 Å². The van der Waals surface area contributed by atoms with E-state index < -0.39 is 47.9 Å². The van der Waals surface area contributed by atoms with Crippen LogP contribution in [0, 0.1) is 0 Å². The van der Waals surface area contributed by atoms with Crippen LogP contribution >= 0.6 is 0 Å². The number of aliphatic carboxylic acids is 1. The number of phenolic OH excluding ortho intramolecular Hbond substituents is 1. The third kappa shape index (κ3) is 11.2. The van der Waals surface area contributed by atoms with Gasteiger partial charge in [0.25, 0.3) is 0 Å². The Hall–Kier alpha value is -4.74. The molecule has 0 aliphatic rings. The molecule has 0 heterocycles. The maximum Gasteiger partial charge on any atom is 0.326 e. The second kappa shape index (κ2) is 17.4. The van der Waals surface area contributed by atoms with E-state index in [1.807, 2.05) is 30.3 Å². The number of aromatic hydroxyl groups is 1. The van der Waals surface area contributed by atoms with E-state index in [1.54, 1.807) is 42.5 Å². The number of nitrogens with one attached hydrogen (secondary N) is 3. The molecule has 11 heteroatoms. The normalized spacial score (nSPS) is 13.6. The minimum absolute atomic E-state index is 0.00647. The molecule has 0 bridgehead atoms. The molecule has 4 unspecified atom stereocenters. The molecule has 3 aromatic rings. The Kier molecular flexibility index (Phi) is 13.3. The number of unbranched alkanes of at least 4 members (excludes halogenated alkanes) is 1. The number of hydrogen-bond donors (Lipinski definition) is 7. The number of amides is 3. The maximum atomic E-state index is 13.6. The van der Waals surface area contributed by atoms with Crippen molar-refractivity contribution in [3.63, 3.8) is 0 Å².